The summed E-state index contributed by atoms with van der Waals surface area (Å²) in [6.07, 6.45) is 4.01. The number of halogens is 1. The van der Waals surface area contributed by atoms with Gasteiger partial charge in [0.25, 0.3) is 0 Å². The molecule has 0 bridgehead atoms. The highest BCUT2D eigenvalue weighted by atomic mass is 35.5. The van der Waals surface area contributed by atoms with Crippen LogP contribution >= 0.6 is 12.4 Å². The minimum atomic E-state index is 0. The van der Waals surface area contributed by atoms with Gasteiger partial charge in [-0.3, -0.25) is 0 Å². The Balaban J connectivity index is 0.00000200. The van der Waals surface area contributed by atoms with Crippen molar-refractivity contribution in [1.82, 2.24) is 9.97 Å². The highest BCUT2D eigenvalue weighted by Gasteiger charge is 2.19. The second-order valence-electron chi connectivity index (χ2n) is 5.07. The van der Waals surface area contributed by atoms with Crippen LogP contribution in [0.4, 0.5) is 11.6 Å². The fourth-order valence-corrected chi connectivity index (χ4v) is 2.63. The average Bonchev–Trinajstić information content (AvgIpc) is 2.49. The third-order valence-electron chi connectivity index (χ3n) is 4.00. The summed E-state index contributed by atoms with van der Waals surface area (Å²) in [6.45, 7) is 9.16. The molecule has 0 aliphatic carbocycles. The summed E-state index contributed by atoms with van der Waals surface area (Å²) in [7, 11) is 0. The number of nitrogens with two attached hydrogens (primary N) is 1. The lowest BCUT2D eigenvalue weighted by Gasteiger charge is -2.32. The first-order valence-electron chi connectivity index (χ1n) is 7.30. The summed E-state index contributed by atoms with van der Waals surface area (Å²) in [6, 6.07) is 2.11. The van der Waals surface area contributed by atoms with E-state index in [-0.39, 0.29) is 12.4 Å². The fraction of sp³-hybridized carbons (Fsp3) is 0.714. The van der Waals surface area contributed by atoms with Crippen LogP contribution in [0.3, 0.4) is 0 Å². The maximum absolute atomic E-state index is 5.74. The molecule has 6 heteroatoms. The quantitative estimate of drug-likeness (QED) is 0.900. The molecule has 1 aromatic heterocycles. The van der Waals surface area contributed by atoms with Crippen LogP contribution in [0.2, 0.25) is 0 Å². The minimum Gasteiger partial charge on any atom is -0.357 e. The summed E-state index contributed by atoms with van der Waals surface area (Å²) in [4.78, 5) is 13.4. The SMILES string of the molecule is CCN(CC)c1cc(N2CCC(CN)CC2)ncn1.Cl. The molecular formula is C14H26ClN5. The number of aromatic nitrogens is 2. The largest absolute Gasteiger partial charge is 0.357 e. The van der Waals surface area contributed by atoms with Crippen LogP contribution in [0.15, 0.2) is 12.4 Å². The van der Waals surface area contributed by atoms with Gasteiger partial charge >= 0.3 is 0 Å². The van der Waals surface area contributed by atoms with Crippen molar-refractivity contribution in [2.24, 2.45) is 11.7 Å². The number of nitrogens with zero attached hydrogens (tertiary/aromatic N) is 4. The minimum absolute atomic E-state index is 0. The lowest BCUT2D eigenvalue weighted by atomic mass is 9.97. The Bertz CT molecular complexity index is 389. The van der Waals surface area contributed by atoms with Crippen molar-refractivity contribution in [1.29, 1.82) is 0 Å². The number of anilines is 2. The fourth-order valence-electron chi connectivity index (χ4n) is 2.63. The van der Waals surface area contributed by atoms with Crippen molar-refractivity contribution in [3.05, 3.63) is 12.4 Å². The van der Waals surface area contributed by atoms with Gasteiger partial charge in [0.15, 0.2) is 0 Å². The van der Waals surface area contributed by atoms with Crippen molar-refractivity contribution in [2.75, 3.05) is 42.5 Å². The Morgan fingerprint density at radius 1 is 1.25 bits per heavy atom. The molecule has 114 valence electrons. The number of hydrogen-bond donors (Lipinski definition) is 1. The predicted molar refractivity (Wildman–Crippen MR) is 86.8 cm³/mol. The summed E-state index contributed by atoms with van der Waals surface area (Å²) in [5, 5.41) is 0. The monoisotopic (exact) mass is 299 g/mol. The normalized spacial score (nSPS) is 15.8. The number of rotatable bonds is 5. The van der Waals surface area contributed by atoms with Gasteiger partial charge in [-0.2, -0.15) is 0 Å². The van der Waals surface area contributed by atoms with Gasteiger partial charge in [0.05, 0.1) is 0 Å². The van der Waals surface area contributed by atoms with Crippen LogP contribution in [-0.4, -0.2) is 42.7 Å². The van der Waals surface area contributed by atoms with Gasteiger partial charge in [-0.1, -0.05) is 0 Å². The van der Waals surface area contributed by atoms with E-state index in [1.54, 1.807) is 6.33 Å². The summed E-state index contributed by atoms with van der Waals surface area (Å²) in [5.74, 6) is 2.75. The van der Waals surface area contributed by atoms with Crippen LogP contribution in [0, 0.1) is 5.92 Å². The lowest BCUT2D eigenvalue weighted by Crippen LogP contribution is -2.36. The molecule has 1 saturated heterocycles. The average molecular weight is 300 g/mol. The molecule has 2 rings (SSSR count). The van der Waals surface area contributed by atoms with E-state index in [0.29, 0.717) is 5.92 Å². The molecule has 0 amide bonds. The van der Waals surface area contributed by atoms with E-state index in [2.05, 4.69) is 39.7 Å². The topological polar surface area (TPSA) is 58.3 Å². The van der Waals surface area contributed by atoms with Gasteiger partial charge in [0, 0.05) is 32.2 Å². The summed E-state index contributed by atoms with van der Waals surface area (Å²) < 4.78 is 0. The molecule has 2 heterocycles. The first-order valence-corrected chi connectivity index (χ1v) is 7.30. The van der Waals surface area contributed by atoms with E-state index in [0.717, 1.165) is 44.4 Å². The number of piperidine rings is 1. The molecule has 1 aliphatic rings. The predicted octanol–water partition coefficient (Wildman–Crippen LogP) is 1.92. The van der Waals surface area contributed by atoms with Gasteiger partial charge in [-0.05, 0) is 39.2 Å². The van der Waals surface area contributed by atoms with Crippen LogP contribution in [0.1, 0.15) is 26.7 Å². The van der Waals surface area contributed by atoms with E-state index in [1.807, 2.05) is 0 Å². The molecule has 5 nitrogen and oxygen atoms in total. The van der Waals surface area contributed by atoms with Gasteiger partial charge in [0.1, 0.15) is 18.0 Å². The molecule has 1 aliphatic heterocycles. The Morgan fingerprint density at radius 3 is 2.45 bits per heavy atom. The molecule has 1 fully saturated rings. The van der Waals surface area contributed by atoms with E-state index in [1.165, 1.54) is 12.8 Å². The maximum atomic E-state index is 5.74. The first kappa shape index (κ1) is 17.0. The van der Waals surface area contributed by atoms with E-state index >= 15 is 0 Å². The molecule has 0 atom stereocenters. The van der Waals surface area contributed by atoms with Crippen molar-refractivity contribution >= 4 is 24.0 Å². The highest BCUT2D eigenvalue weighted by Crippen LogP contribution is 2.23. The van der Waals surface area contributed by atoms with Gasteiger partial charge in [-0.25, -0.2) is 9.97 Å². The molecule has 0 unspecified atom stereocenters. The van der Waals surface area contributed by atoms with Crippen LogP contribution in [0.25, 0.3) is 0 Å². The first-order chi connectivity index (χ1) is 9.28. The third kappa shape index (κ3) is 3.96. The molecule has 0 saturated carbocycles. The van der Waals surface area contributed by atoms with Crippen molar-refractivity contribution in [3.63, 3.8) is 0 Å². The van der Waals surface area contributed by atoms with Crippen LogP contribution in [-0.2, 0) is 0 Å². The van der Waals surface area contributed by atoms with Gasteiger partial charge in [-0.15, -0.1) is 12.4 Å². The van der Waals surface area contributed by atoms with E-state index in [4.69, 9.17) is 5.73 Å². The molecule has 20 heavy (non-hydrogen) atoms. The Morgan fingerprint density at radius 2 is 1.90 bits per heavy atom. The lowest BCUT2D eigenvalue weighted by molar-refractivity contribution is 0.413. The smallest absolute Gasteiger partial charge is 0.134 e. The van der Waals surface area contributed by atoms with Crippen molar-refractivity contribution < 1.29 is 0 Å². The Kier molecular flexibility index (Phi) is 7.02. The molecule has 0 radical (unpaired) electrons. The van der Waals surface area contributed by atoms with Crippen molar-refractivity contribution in [2.45, 2.75) is 26.7 Å². The van der Waals surface area contributed by atoms with Crippen LogP contribution in [0.5, 0.6) is 0 Å². The zero-order valence-corrected chi connectivity index (χ0v) is 13.3. The number of hydrogen-bond acceptors (Lipinski definition) is 5. The molecule has 0 aromatic carbocycles. The second-order valence-corrected chi connectivity index (χ2v) is 5.07. The second kappa shape index (κ2) is 8.27. The van der Waals surface area contributed by atoms with Crippen molar-refractivity contribution in [3.8, 4) is 0 Å². The Hall–Kier alpha value is -1.07. The molecule has 1 aromatic rings. The van der Waals surface area contributed by atoms with E-state index in [9.17, 15) is 0 Å². The molecule has 2 N–H and O–H groups in total. The molecule has 0 spiro atoms. The van der Waals surface area contributed by atoms with E-state index < -0.39 is 0 Å². The summed E-state index contributed by atoms with van der Waals surface area (Å²) in [5.41, 5.74) is 5.74. The molecular weight excluding hydrogens is 274 g/mol. The zero-order chi connectivity index (χ0) is 13.7. The standard InChI is InChI=1S/C14H25N5.ClH/c1-3-18(4-2)13-9-14(17-11-16-13)19-7-5-12(10-15)6-8-19;/h9,11-12H,3-8,10,15H2,1-2H3;1H. The Labute approximate surface area is 128 Å². The van der Waals surface area contributed by atoms with Crippen LogP contribution < -0.4 is 15.5 Å². The zero-order valence-electron chi connectivity index (χ0n) is 12.5. The van der Waals surface area contributed by atoms with Gasteiger partial charge in [0.2, 0.25) is 0 Å². The third-order valence-corrected chi connectivity index (χ3v) is 4.00. The maximum Gasteiger partial charge on any atom is 0.134 e. The highest BCUT2D eigenvalue weighted by molar-refractivity contribution is 5.85. The summed E-state index contributed by atoms with van der Waals surface area (Å²) >= 11 is 0. The van der Waals surface area contributed by atoms with Gasteiger partial charge < -0.3 is 15.5 Å².